The third-order valence-corrected chi connectivity index (χ3v) is 2.96. The first-order valence-electron chi connectivity index (χ1n) is 6.44. The zero-order valence-corrected chi connectivity index (χ0v) is 11.7. The highest BCUT2D eigenvalue weighted by atomic mass is 19.1. The second-order valence-electron chi connectivity index (χ2n) is 4.31. The molecule has 0 aliphatic carbocycles. The van der Waals surface area contributed by atoms with Crippen LogP contribution >= 0.6 is 0 Å². The molecule has 1 rings (SSSR count). The molecular formula is C14H23FN2O2. The van der Waals surface area contributed by atoms with E-state index in [-0.39, 0.29) is 12.4 Å². The van der Waals surface area contributed by atoms with Crippen molar-refractivity contribution in [3.05, 3.63) is 29.6 Å². The topological polar surface area (TPSA) is 47.7 Å². The van der Waals surface area contributed by atoms with Crippen molar-refractivity contribution < 1.29 is 13.9 Å². The van der Waals surface area contributed by atoms with Gasteiger partial charge in [0.25, 0.3) is 0 Å². The second kappa shape index (κ2) is 8.85. The maximum Gasteiger partial charge on any atom is 0.129 e. The third-order valence-electron chi connectivity index (χ3n) is 2.96. The monoisotopic (exact) mass is 270 g/mol. The Bertz CT molecular complexity index is 374. The summed E-state index contributed by atoms with van der Waals surface area (Å²) in [6.45, 7) is 3.04. The number of nitrogens with zero attached hydrogens (tertiary/aromatic N) is 1. The van der Waals surface area contributed by atoms with Crippen LogP contribution in [-0.2, 0) is 16.0 Å². The first-order chi connectivity index (χ1) is 9.22. The summed E-state index contributed by atoms with van der Waals surface area (Å²) >= 11 is 0. The number of nitrogens with two attached hydrogens (primary N) is 1. The van der Waals surface area contributed by atoms with Gasteiger partial charge in [0.05, 0.1) is 6.61 Å². The van der Waals surface area contributed by atoms with E-state index in [1.165, 1.54) is 6.07 Å². The Hall–Kier alpha value is -1.17. The lowest BCUT2D eigenvalue weighted by atomic mass is 10.1. The number of methoxy groups -OCH3 is 2. The van der Waals surface area contributed by atoms with E-state index in [1.807, 2.05) is 6.07 Å². The minimum absolute atomic E-state index is 0.216. The molecule has 0 radical (unpaired) electrons. The van der Waals surface area contributed by atoms with Crippen molar-refractivity contribution in [3.8, 4) is 0 Å². The van der Waals surface area contributed by atoms with E-state index in [2.05, 4.69) is 4.90 Å². The Balaban J connectivity index is 2.74. The van der Waals surface area contributed by atoms with E-state index in [9.17, 15) is 4.39 Å². The molecule has 0 heterocycles. The predicted molar refractivity (Wildman–Crippen MR) is 74.9 cm³/mol. The molecule has 4 nitrogen and oxygen atoms in total. The van der Waals surface area contributed by atoms with Crippen LogP contribution in [0, 0.1) is 5.82 Å². The smallest absolute Gasteiger partial charge is 0.129 e. The molecule has 2 N–H and O–H groups in total. The molecule has 5 heteroatoms. The van der Waals surface area contributed by atoms with Crippen LogP contribution in [0.15, 0.2) is 18.2 Å². The SMILES string of the molecule is COCCCN(CCOC)c1ccc(CN)c(F)c1. The Morgan fingerprint density at radius 2 is 1.89 bits per heavy atom. The van der Waals surface area contributed by atoms with Gasteiger partial charge in [-0.2, -0.15) is 0 Å². The summed E-state index contributed by atoms with van der Waals surface area (Å²) in [5.74, 6) is -0.255. The highest BCUT2D eigenvalue weighted by molar-refractivity contribution is 5.48. The number of hydrogen-bond donors (Lipinski definition) is 1. The van der Waals surface area contributed by atoms with Crippen LogP contribution in [0.25, 0.3) is 0 Å². The fraction of sp³-hybridized carbons (Fsp3) is 0.571. The highest BCUT2D eigenvalue weighted by Gasteiger charge is 2.09. The summed E-state index contributed by atoms with van der Waals surface area (Å²) in [5.41, 5.74) is 6.85. The zero-order chi connectivity index (χ0) is 14.1. The van der Waals surface area contributed by atoms with Gasteiger partial charge in [-0.05, 0) is 18.6 Å². The van der Waals surface area contributed by atoms with Gasteiger partial charge in [0.15, 0.2) is 0 Å². The lowest BCUT2D eigenvalue weighted by Gasteiger charge is -2.25. The fourth-order valence-corrected chi connectivity index (χ4v) is 1.87. The van der Waals surface area contributed by atoms with Gasteiger partial charge in [-0.3, -0.25) is 0 Å². The molecule has 0 aliphatic rings. The highest BCUT2D eigenvalue weighted by Crippen LogP contribution is 2.18. The lowest BCUT2D eigenvalue weighted by Crippen LogP contribution is -2.29. The molecule has 1 aromatic rings. The Morgan fingerprint density at radius 3 is 2.47 bits per heavy atom. The number of benzene rings is 1. The standard InChI is InChI=1S/C14H23FN2O2/c1-18-8-3-6-17(7-9-19-2)13-5-4-12(11-16)14(15)10-13/h4-5,10H,3,6-9,11,16H2,1-2H3. The number of halogens is 1. The quantitative estimate of drug-likeness (QED) is 0.695. The van der Waals surface area contributed by atoms with Gasteiger partial charge in [0, 0.05) is 51.7 Å². The lowest BCUT2D eigenvalue weighted by molar-refractivity contribution is 0.191. The summed E-state index contributed by atoms with van der Waals surface area (Å²) in [6, 6.07) is 5.17. The van der Waals surface area contributed by atoms with Crippen LogP contribution < -0.4 is 10.6 Å². The second-order valence-corrected chi connectivity index (χ2v) is 4.31. The van der Waals surface area contributed by atoms with Crippen LogP contribution in [0.3, 0.4) is 0 Å². The van der Waals surface area contributed by atoms with E-state index >= 15 is 0 Å². The van der Waals surface area contributed by atoms with E-state index < -0.39 is 0 Å². The van der Waals surface area contributed by atoms with Gasteiger partial charge in [-0.1, -0.05) is 6.07 Å². The minimum Gasteiger partial charge on any atom is -0.385 e. The van der Waals surface area contributed by atoms with Crippen LogP contribution in [0.1, 0.15) is 12.0 Å². The van der Waals surface area contributed by atoms with Crippen molar-refractivity contribution in [2.24, 2.45) is 5.73 Å². The van der Waals surface area contributed by atoms with Gasteiger partial charge in [-0.25, -0.2) is 4.39 Å². The van der Waals surface area contributed by atoms with Gasteiger partial charge in [0.1, 0.15) is 5.82 Å². The Morgan fingerprint density at radius 1 is 1.16 bits per heavy atom. The first kappa shape index (κ1) is 15.9. The summed E-state index contributed by atoms with van der Waals surface area (Å²) < 4.78 is 23.9. The molecule has 0 aliphatic heterocycles. The molecule has 0 aromatic heterocycles. The summed E-state index contributed by atoms with van der Waals surface area (Å²) in [6.07, 6.45) is 0.889. The van der Waals surface area contributed by atoms with Crippen molar-refractivity contribution in [2.75, 3.05) is 45.4 Å². The summed E-state index contributed by atoms with van der Waals surface area (Å²) in [5, 5.41) is 0. The number of anilines is 1. The molecule has 108 valence electrons. The maximum absolute atomic E-state index is 13.8. The Labute approximate surface area is 114 Å². The summed E-state index contributed by atoms with van der Waals surface area (Å²) in [4.78, 5) is 2.09. The molecule has 0 fully saturated rings. The first-order valence-corrected chi connectivity index (χ1v) is 6.44. The third kappa shape index (κ3) is 5.14. The van der Waals surface area contributed by atoms with Crippen LogP contribution in [0.2, 0.25) is 0 Å². The van der Waals surface area contributed by atoms with Crippen molar-refractivity contribution in [1.82, 2.24) is 0 Å². The van der Waals surface area contributed by atoms with Gasteiger partial charge < -0.3 is 20.1 Å². The van der Waals surface area contributed by atoms with Crippen molar-refractivity contribution in [1.29, 1.82) is 0 Å². The fourth-order valence-electron chi connectivity index (χ4n) is 1.87. The largest absolute Gasteiger partial charge is 0.385 e. The van der Waals surface area contributed by atoms with Crippen LogP contribution in [0.5, 0.6) is 0 Å². The molecular weight excluding hydrogens is 247 g/mol. The van der Waals surface area contributed by atoms with Crippen LogP contribution in [-0.4, -0.2) is 40.5 Å². The molecule has 0 spiro atoms. The normalized spacial score (nSPS) is 10.7. The van der Waals surface area contributed by atoms with E-state index in [0.717, 1.165) is 25.2 Å². The van der Waals surface area contributed by atoms with E-state index in [4.69, 9.17) is 15.2 Å². The molecule has 0 bridgehead atoms. The molecule has 0 amide bonds. The molecule has 19 heavy (non-hydrogen) atoms. The van der Waals surface area contributed by atoms with E-state index in [1.54, 1.807) is 20.3 Å². The van der Waals surface area contributed by atoms with E-state index in [0.29, 0.717) is 18.8 Å². The van der Waals surface area contributed by atoms with Crippen molar-refractivity contribution in [3.63, 3.8) is 0 Å². The molecule has 0 atom stereocenters. The minimum atomic E-state index is -0.255. The molecule has 0 saturated heterocycles. The number of hydrogen-bond acceptors (Lipinski definition) is 4. The van der Waals surface area contributed by atoms with Gasteiger partial charge in [0.2, 0.25) is 0 Å². The zero-order valence-electron chi connectivity index (χ0n) is 11.7. The predicted octanol–water partition coefficient (Wildman–Crippen LogP) is 1.77. The average molecular weight is 270 g/mol. The Kier molecular flexibility index (Phi) is 7.40. The van der Waals surface area contributed by atoms with Crippen molar-refractivity contribution in [2.45, 2.75) is 13.0 Å². The number of rotatable bonds is 9. The molecule has 0 saturated carbocycles. The van der Waals surface area contributed by atoms with Crippen molar-refractivity contribution >= 4 is 5.69 Å². The van der Waals surface area contributed by atoms with Crippen LogP contribution in [0.4, 0.5) is 10.1 Å². The number of ether oxygens (including phenoxy) is 2. The van der Waals surface area contributed by atoms with Gasteiger partial charge in [-0.15, -0.1) is 0 Å². The maximum atomic E-state index is 13.8. The molecule has 0 unspecified atom stereocenters. The molecule has 1 aromatic carbocycles. The van der Waals surface area contributed by atoms with Gasteiger partial charge >= 0.3 is 0 Å². The average Bonchev–Trinajstić information content (AvgIpc) is 2.42. The summed E-state index contributed by atoms with van der Waals surface area (Å²) in [7, 11) is 3.33.